The van der Waals surface area contributed by atoms with Gasteiger partial charge >= 0.3 is 12.0 Å². The second-order valence-electron chi connectivity index (χ2n) is 4.36. The van der Waals surface area contributed by atoms with Crippen molar-refractivity contribution in [2.24, 2.45) is 0 Å². The fraction of sp³-hybridized carbons (Fsp3) is 0.308. The third kappa shape index (κ3) is 3.62. The first kappa shape index (κ1) is 15.1. The molecule has 1 aromatic rings. The minimum absolute atomic E-state index is 0.0913. The first-order chi connectivity index (χ1) is 10.0. The average molecular weight is 310 g/mol. The van der Waals surface area contributed by atoms with Crippen LogP contribution < -0.4 is 5.32 Å². The summed E-state index contributed by atoms with van der Waals surface area (Å²) in [5, 5.41) is 20.4. The predicted octanol–water partition coefficient (Wildman–Crippen LogP) is 1.79. The van der Waals surface area contributed by atoms with Gasteiger partial charge in [0.05, 0.1) is 29.8 Å². The van der Waals surface area contributed by atoms with Gasteiger partial charge in [-0.15, -0.1) is 0 Å². The van der Waals surface area contributed by atoms with E-state index in [2.05, 4.69) is 5.32 Å². The molecule has 0 bridgehead atoms. The van der Waals surface area contributed by atoms with Gasteiger partial charge in [0.1, 0.15) is 0 Å². The summed E-state index contributed by atoms with van der Waals surface area (Å²) in [6, 6.07) is 5.72. The summed E-state index contributed by atoms with van der Waals surface area (Å²) in [6.45, 7) is 0.817. The van der Waals surface area contributed by atoms with Gasteiger partial charge in [-0.2, -0.15) is 5.26 Å². The number of morpholine rings is 1. The summed E-state index contributed by atoms with van der Waals surface area (Å²) in [4.78, 5) is 24.5. The normalized spacial score (nSPS) is 17.9. The lowest BCUT2D eigenvalue weighted by Gasteiger charge is -2.29. The Balaban J connectivity index is 2.08. The number of aromatic carboxylic acids is 1. The molecule has 8 heteroatoms. The van der Waals surface area contributed by atoms with E-state index >= 15 is 0 Å². The molecule has 1 saturated heterocycles. The van der Waals surface area contributed by atoms with Gasteiger partial charge in [-0.05, 0) is 18.2 Å². The molecule has 2 amide bonds. The number of carbonyl (C=O) groups excluding carboxylic acids is 1. The van der Waals surface area contributed by atoms with Gasteiger partial charge in [-0.1, -0.05) is 11.6 Å². The molecule has 0 spiro atoms. The Labute approximate surface area is 125 Å². The molecule has 1 aliphatic rings. The highest BCUT2D eigenvalue weighted by atomic mass is 35.5. The fourth-order valence-electron chi connectivity index (χ4n) is 1.88. The number of halogens is 1. The summed E-state index contributed by atoms with van der Waals surface area (Å²) in [7, 11) is 0. The molecule has 1 fully saturated rings. The number of ether oxygens (including phenoxy) is 1. The highest BCUT2D eigenvalue weighted by Gasteiger charge is 2.24. The molecule has 0 radical (unpaired) electrons. The van der Waals surface area contributed by atoms with Crippen LogP contribution in [0.4, 0.5) is 10.5 Å². The van der Waals surface area contributed by atoms with Gasteiger partial charge in [0, 0.05) is 12.2 Å². The first-order valence-electron chi connectivity index (χ1n) is 6.11. The van der Waals surface area contributed by atoms with Crippen molar-refractivity contribution in [3.05, 3.63) is 28.8 Å². The van der Waals surface area contributed by atoms with Gasteiger partial charge in [-0.25, -0.2) is 9.59 Å². The minimum Gasteiger partial charge on any atom is -0.478 e. The number of carboxylic acids is 1. The topological polar surface area (TPSA) is 103 Å². The van der Waals surface area contributed by atoms with E-state index in [1.54, 1.807) is 0 Å². The van der Waals surface area contributed by atoms with Crippen LogP contribution in [0.2, 0.25) is 5.02 Å². The molecule has 7 nitrogen and oxygen atoms in total. The monoisotopic (exact) mass is 309 g/mol. The summed E-state index contributed by atoms with van der Waals surface area (Å²) in [6.07, 6.45) is -0.649. The Kier molecular flexibility index (Phi) is 4.62. The number of amides is 2. The SMILES string of the molecule is N#CC1CN(C(=O)Nc2ccc(Cl)c(C(=O)O)c2)CCO1. The number of nitrogens with one attached hydrogen (secondary N) is 1. The van der Waals surface area contributed by atoms with Crippen molar-refractivity contribution in [3.63, 3.8) is 0 Å². The lowest BCUT2D eigenvalue weighted by molar-refractivity contribution is 0.0181. The molecule has 1 aromatic carbocycles. The molecule has 1 atom stereocenters. The lowest BCUT2D eigenvalue weighted by atomic mass is 10.2. The number of benzene rings is 1. The van der Waals surface area contributed by atoms with E-state index in [1.807, 2.05) is 6.07 Å². The predicted molar refractivity (Wildman–Crippen MR) is 74.4 cm³/mol. The van der Waals surface area contributed by atoms with Crippen LogP contribution in [0.15, 0.2) is 18.2 Å². The molecule has 1 aliphatic heterocycles. The zero-order valence-corrected chi connectivity index (χ0v) is 11.6. The van der Waals surface area contributed by atoms with E-state index in [4.69, 9.17) is 26.7 Å². The largest absolute Gasteiger partial charge is 0.478 e. The zero-order valence-electron chi connectivity index (χ0n) is 10.9. The van der Waals surface area contributed by atoms with Crippen molar-refractivity contribution in [1.29, 1.82) is 5.26 Å². The summed E-state index contributed by atoms with van der Waals surface area (Å²) >= 11 is 5.76. The highest BCUT2D eigenvalue weighted by molar-refractivity contribution is 6.33. The number of hydrogen-bond acceptors (Lipinski definition) is 4. The third-order valence-electron chi connectivity index (χ3n) is 2.95. The molecule has 1 heterocycles. The molecule has 21 heavy (non-hydrogen) atoms. The molecule has 2 N–H and O–H groups in total. The first-order valence-corrected chi connectivity index (χ1v) is 6.49. The Morgan fingerprint density at radius 1 is 1.52 bits per heavy atom. The fourth-order valence-corrected chi connectivity index (χ4v) is 2.08. The number of nitrogens with zero attached hydrogens (tertiary/aromatic N) is 2. The molecular weight excluding hydrogens is 298 g/mol. The van der Waals surface area contributed by atoms with E-state index in [-0.39, 0.29) is 23.7 Å². The van der Waals surface area contributed by atoms with Crippen molar-refractivity contribution in [3.8, 4) is 6.07 Å². The van der Waals surface area contributed by atoms with Crippen molar-refractivity contribution in [2.45, 2.75) is 6.10 Å². The Morgan fingerprint density at radius 2 is 2.29 bits per heavy atom. The number of carboxylic acid groups (broad SMARTS) is 1. The number of anilines is 1. The average Bonchev–Trinajstić information content (AvgIpc) is 2.49. The summed E-state index contributed by atoms with van der Waals surface area (Å²) < 4.78 is 5.15. The molecule has 110 valence electrons. The van der Waals surface area contributed by atoms with Crippen molar-refractivity contribution >= 4 is 29.3 Å². The number of hydrogen-bond donors (Lipinski definition) is 2. The maximum Gasteiger partial charge on any atom is 0.337 e. The molecule has 1 unspecified atom stereocenters. The van der Waals surface area contributed by atoms with Crippen molar-refractivity contribution in [2.75, 3.05) is 25.0 Å². The molecule has 2 rings (SSSR count). The number of nitriles is 1. The van der Waals surface area contributed by atoms with E-state index in [1.165, 1.54) is 23.1 Å². The van der Waals surface area contributed by atoms with Crippen LogP contribution in [0.25, 0.3) is 0 Å². The molecule has 0 aromatic heterocycles. The van der Waals surface area contributed by atoms with Gasteiger partial charge < -0.3 is 20.1 Å². The van der Waals surface area contributed by atoms with Crippen LogP contribution in [0, 0.1) is 11.3 Å². The van der Waals surface area contributed by atoms with Crippen LogP contribution in [0.5, 0.6) is 0 Å². The van der Waals surface area contributed by atoms with Gasteiger partial charge in [-0.3, -0.25) is 0 Å². The zero-order chi connectivity index (χ0) is 15.4. The summed E-state index contributed by atoms with van der Waals surface area (Å²) in [5.74, 6) is -1.17. The smallest absolute Gasteiger partial charge is 0.337 e. The van der Waals surface area contributed by atoms with Gasteiger partial charge in [0.25, 0.3) is 0 Å². The second kappa shape index (κ2) is 6.43. The maximum atomic E-state index is 12.1. The second-order valence-corrected chi connectivity index (χ2v) is 4.77. The van der Waals surface area contributed by atoms with Gasteiger partial charge in [0.15, 0.2) is 6.10 Å². The van der Waals surface area contributed by atoms with Crippen molar-refractivity contribution in [1.82, 2.24) is 4.90 Å². The van der Waals surface area contributed by atoms with Crippen LogP contribution in [-0.2, 0) is 4.74 Å². The summed E-state index contributed by atoms with van der Waals surface area (Å²) in [5.41, 5.74) is 0.230. The Hall–Kier alpha value is -2.30. The number of urea groups is 1. The van der Waals surface area contributed by atoms with E-state index < -0.39 is 18.1 Å². The van der Waals surface area contributed by atoms with E-state index in [9.17, 15) is 9.59 Å². The van der Waals surface area contributed by atoms with Crippen LogP contribution in [0.3, 0.4) is 0 Å². The van der Waals surface area contributed by atoms with Gasteiger partial charge in [0.2, 0.25) is 0 Å². The Bertz CT molecular complexity index is 614. The quantitative estimate of drug-likeness (QED) is 0.867. The van der Waals surface area contributed by atoms with Crippen molar-refractivity contribution < 1.29 is 19.4 Å². The van der Waals surface area contributed by atoms with E-state index in [0.717, 1.165) is 0 Å². The molecule has 0 saturated carbocycles. The van der Waals surface area contributed by atoms with E-state index in [0.29, 0.717) is 12.2 Å². The standard InChI is InChI=1S/C13H12ClN3O4/c14-11-2-1-8(5-10(11)12(18)19)16-13(20)17-3-4-21-9(6-15)7-17/h1-2,5,9H,3-4,7H2,(H,16,20)(H,18,19). The van der Waals surface area contributed by atoms with Crippen LogP contribution in [-0.4, -0.2) is 47.8 Å². The Morgan fingerprint density at radius 3 is 2.95 bits per heavy atom. The maximum absolute atomic E-state index is 12.1. The van der Waals surface area contributed by atoms with Crippen LogP contribution in [0.1, 0.15) is 10.4 Å². The molecular formula is C13H12ClN3O4. The molecule has 0 aliphatic carbocycles. The number of rotatable bonds is 2. The minimum atomic E-state index is -1.17. The lowest BCUT2D eigenvalue weighted by Crippen LogP contribution is -2.46. The third-order valence-corrected chi connectivity index (χ3v) is 3.28. The number of carbonyl (C=O) groups is 2. The van der Waals surface area contributed by atoms with Crippen LogP contribution >= 0.6 is 11.6 Å². The highest BCUT2D eigenvalue weighted by Crippen LogP contribution is 2.21.